The molecule has 0 saturated heterocycles. The van der Waals surface area contributed by atoms with Crippen LogP contribution in [0.1, 0.15) is 23.3 Å². The monoisotopic (exact) mass is 257 g/mol. The molecule has 2 heterocycles. The van der Waals surface area contributed by atoms with E-state index in [0.29, 0.717) is 0 Å². The summed E-state index contributed by atoms with van der Waals surface area (Å²) in [7, 11) is 0. The van der Waals surface area contributed by atoms with Gasteiger partial charge in [-0.05, 0) is 12.1 Å². The van der Waals surface area contributed by atoms with Gasteiger partial charge in [0.25, 0.3) is 0 Å². The van der Waals surface area contributed by atoms with Crippen molar-refractivity contribution in [2.24, 2.45) is 0 Å². The van der Waals surface area contributed by atoms with E-state index in [2.05, 4.69) is 19.6 Å². The number of hydrogen-bond donors (Lipinski definition) is 0. The Bertz CT molecular complexity index is 575. The number of halogens is 3. The van der Waals surface area contributed by atoms with Gasteiger partial charge in [0.15, 0.2) is 5.78 Å². The summed E-state index contributed by atoms with van der Waals surface area (Å²) in [6, 6.07) is 2.77. The molecular formula is C10H6F3N3O2. The van der Waals surface area contributed by atoms with Crippen molar-refractivity contribution in [2.45, 2.75) is 13.1 Å². The van der Waals surface area contributed by atoms with Gasteiger partial charge in [-0.2, -0.15) is 18.2 Å². The molecule has 0 amide bonds. The zero-order chi connectivity index (χ0) is 13.3. The Kier molecular flexibility index (Phi) is 2.85. The van der Waals surface area contributed by atoms with E-state index in [4.69, 9.17) is 0 Å². The molecular weight excluding hydrogens is 251 g/mol. The number of pyridine rings is 1. The van der Waals surface area contributed by atoms with E-state index in [-0.39, 0.29) is 22.9 Å². The van der Waals surface area contributed by atoms with E-state index in [1.807, 2.05) is 0 Å². The molecule has 0 spiro atoms. The molecule has 8 heteroatoms. The highest BCUT2D eigenvalue weighted by molar-refractivity contribution is 5.92. The SMILES string of the molecule is CC(=O)c1ccc(-c2noc(C(F)(F)F)n2)cn1. The molecule has 0 N–H and O–H groups in total. The fourth-order valence-corrected chi connectivity index (χ4v) is 1.19. The summed E-state index contributed by atoms with van der Waals surface area (Å²) in [5.74, 6) is -1.90. The van der Waals surface area contributed by atoms with Gasteiger partial charge < -0.3 is 4.52 Å². The van der Waals surface area contributed by atoms with Crippen LogP contribution in [0.25, 0.3) is 11.4 Å². The maximum absolute atomic E-state index is 12.2. The third kappa shape index (κ3) is 2.36. The van der Waals surface area contributed by atoms with Gasteiger partial charge in [-0.15, -0.1) is 0 Å². The van der Waals surface area contributed by atoms with Gasteiger partial charge in [-0.25, -0.2) is 0 Å². The topological polar surface area (TPSA) is 68.9 Å². The van der Waals surface area contributed by atoms with Crippen molar-refractivity contribution in [3.05, 3.63) is 29.9 Å². The standard InChI is InChI=1S/C10H6F3N3O2/c1-5(17)7-3-2-6(4-14-7)8-15-9(18-16-8)10(11,12)13/h2-4H,1H3. The molecule has 2 aromatic rings. The maximum Gasteiger partial charge on any atom is 0.471 e. The molecule has 2 aromatic heterocycles. The van der Waals surface area contributed by atoms with Gasteiger partial charge in [0.2, 0.25) is 5.82 Å². The van der Waals surface area contributed by atoms with E-state index in [9.17, 15) is 18.0 Å². The average Bonchev–Trinajstić information content (AvgIpc) is 2.78. The fourth-order valence-electron chi connectivity index (χ4n) is 1.19. The largest absolute Gasteiger partial charge is 0.471 e. The van der Waals surface area contributed by atoms with E-state index >= 15 is 0 Å². The Morgan fingerprint density at radius 1 is 1.33 bits per heavy atom. The van der Waals surface area contributed by atoms with Crippen molar-refractivity contribution in [3.63, 3.8) is 0 Å². The first-order valence-electron chi connectivity index (χ1n) is 4.76. The lowest BCUT2D eigenvalue weighted by atomic mass is 10.2. The summed E-state index contributed by atoms with van der Waals surface area (Å²) in [6.07, 6.45) is -3.47. The van der Waals surface area contributed by atoms with Crippen LogP contribution in [0.15, 0.2) is 22.9 Å². The van der Waals surface area contributed by atoms with Gasteiger partial charge in [0.1, 0.15) is 5.69 Å². The summed E-state index contributed by atoms with van der Waals surface area (Å²) < 4.78 is 40.8. The molecule has 0 bridgehead atoms. The smallest absolute Gasteiger partial charge is 0.329 e. The minimum Gasteiger partial charge on any atom is -0.329 e. The zero-order valence-electron chi connectivity index (χ0n) is 9.02. The zero-order valence-corrected chi connectivity index (χ0v) is 9.02. The third-order valence-electron chi connectivity index (χ3n) is 2.05. The molecule has 0 fully saturated rings. The molecule has 18 heavy (non-hydrogen) atoms. The average molecular weight is 257 g/mol. The maximum atomic E-state index is 12.2. The van der Waals surface area contributed by atoms with Crippen LogP contribution in [-0.2, 0) is 6.18 Å². The highest BCUT2D eigenvalue weighted by Gasteiger charge is 2.38. The van der Waals surface area contributed by atoms with Gasteiger partial charge in [0.05, 0.1) is 0 Å². The number of rotatable bonds is 2. The number of carbonyl (C=O) groups excluding carboxylic acids is 1. The van der Waals surface area contributed by atoms with E-state index in [0.717, 1.165) is 0 Å². The lowest BCUT2D eigenvalue weighted by Crippen LogP contribution is -2.04. The van der Waals surface area contributed by atoms with Crippen LogP contribution >= 0.6 is 0 Å². The van der Waals surface area contributed by atoms with Crippen LogP contribution in [-0.4, -0.2) is 20.9 Å². The summed E-state index contributed by atoms with van der Waals surface area (Å²) in [5.41, 5.74) is 0.442. The second kappa shape index (κ2) is 4.21. The molecule has 0 unspecified atom stereocenters. The predicted octanol–water partition coefficient (Wildman–Crippen LogP) is 2.35. The van der Waals surface area contributed by atoms with Crippen LogP contribution < -0.4 is 0 Å². The normalized spacial score (nSPS) is 11.6. The molecule has 94 valence electrons. The Balaban J connectivity index is 2.32. The van der Waals surface area contributed by atoms with Crippen LogP contribution in [0.2, 0.25) is 0 Å². The lowest BCUT2D eigenvalue weighted by molar-refractivity contribution is -0.159. The molecule has 2 rings (SSSR count). The van der Waals surface area contributed by atoms with Crippen LogP contribution in [0.4, 0.5) is 13.2 Å². The Morgan fingerprint density at radius 3 is 2.50 bits per heavy atom. The summed E-state index contributed by atoms with van der Waals surface area (Å²) in [5, 5.41) is 3.20. The third-order valence-corrected chi connectivity index (χ3v) is 2.05. The highest BCUT2D eigenvalue weighted by atomic mass is 19.4. The molecule has 0 aliphatic carbocycles. The van der Waals surface area contributed by atoms with Crippen molar-refractivity contribution in [1.82, 2.24) is 15.1 Å². The van der Waals surface area contributed by atoms with Crippen molar-refractivity contribution < 1.29 is 22.5 Å². The van der Waals surface area contributed by atoms with E-state index in [1.54, 1.807) is 0 Å². The van der Waals surface area contributed by atoms with Crippen molar-refractivity contribution >= 4 is 5.78 Å². The summed E-state index contributed by atoms with van der Waals surface area (Å²) in [6.45, 7) is 1.33. The number of nitrogens with zero attached hydrogens (tertiary/aromatic N) is 3. The second-order valence-corrected chi connectivity index (χ2v) is 3.41. The van der Waals surface area contributed by atoms with Crippen molar-refractivity contribution in [1.29, 1.82) is 0 Å². The van der Waals surface area contributed by atoms with Gasteiger partial charge in [-0.3, -0.25) is 9.78 Å². The molecule has 0 atom stereocenters. The van der Waals surface area contributed by atoms with E-state index in [1.165, 1.54) is 25.3 Å². The van der Waals surface area contributed by atoms with E-state index < -0.39 is 12.1 Å². The number of aromatic nitrogens is 3. The number of carbonyl (C=O) groups is 1. The van der Waals surface area contributed by atoms with Crippen molar-refractivity contribution in [2.75, 3.05) is 0 Å². The number of ketones is 1. The number of alkyl halides is 3. The van der Waals surface area contributed by atoms with Crippen LogP contribution in [0, 0.1) is 0 Å². The quantitative estimate of drug-likeness (QED) is 0.772. The van der Waals surface area contributed by atoms with Gasteiger partial charge in [-0.1, -0.05) is 5.16 Å². The molecule has 5 nitrogen and oxygen atoms in total. The van der Waals surface area contributed by atoms with Crippen molar-refractivity contribution in [3.8, 4) is 11.4 Å². The second-order valence-electron chi connectivity index (χ2n) is 3.41. The first-order chi connectivity index (χ1) is 8.38. The molecule has 0 saturated carbocycles. The molecule has 0 aliphatic heterocycles. The Labute approximate surface area is 98.6 Å². The minimum absolute atomic E-state index is 0.207. The minimum atomic E-state index is -4.68. The van der Waals surface area contributed by atoms with Gasteiger partial charge in [0, 0.05) is 18.7 Å². The predicted molar refractivity (Wildman–Crippen MR) is 52.5 cm³/mol. The lowest BCUT2D eigenvalue weighted by Gasteiger charge is -1.97. The Morgan fingerprint density at radius 2 is 2.06 bits per heavy atom. The highest BCUT2D eigenvalue weighted by Crippen LogP contribution is 2.29. The van der Waals surface area contributed by atoms with Gasteiger partial charge >= 0.3 is 12.1 Å². The first-order valence-corrected chi connectivity index (χ1v) is 4.76. The number of hydrogen-bond acceptors (Lipinski definition) is 5. The summed E-state index contributed by atoms with van der Waals surface area (Å²) >= 11 is 0. The number of Topliss-reactive ketones (excluding diaryl/α,β-unsaturated/α-hetero) is 1. The fraction of sp³-hybridized carbons (Fsp3) is 0.200. The Hall–Kier alpha value is -2.25. The first kappa shape index (κ1) is 12.2. The molecule has 0 radical (unpaired) electrons. The van der Waals surface area contributed by atoms with Crippen LogP contribution in [0.5, 0.6) is 0 Å². The molecule has 0 aromatic carbocycles. The van der Waals surface area contributed by atoms with Crippen LogP contribution in [0.3, 0.4) is 0 Å². The molecule has 0 aliphatic rings. The summed E-state index contributed by atoms with van der Waals surface area (Å²) in [4.78, 5) is 17.9.